The number of hydrogen-bond donors (Lipinski definition) is 2. The standard InChI is InChI=1S/C18H33N3O3/c1-18(2,3)24-17(23)21-11-8-14(9-12-21)6-7-16(22)20-15-5-4-10-19-13-15/h14-15,19H,4-13H2,1-3H3,(H,20,22). The van der Waals surface area contributed by atoms with E-state index in [1.54, 1.807) is 4.90 Å². The van der Waals surface area contributed by atoms with Gasteiger partial charge in [0.25, 0.3) is 0 Å². The maximum atomic E-state index is 12.1. The molecular weight excluding hydrogens is 306 g/mol. The van der Waals surface area contributed by atoms with Gasteiger partial charge in [-0.05, 0) is 65.3 Å². The number of carbonyl (C=O) groups excluding carboxylic acids is 2. The maximum absolute atomic E-state index is 12.1. The molecule has 24 heavy (non-hydrogen) atoms. The number of nitrogens with one attached hydrogen (secondary N) is 2. The molecule has 0 aromatic heterocycles. The molecule has 1 unspecified atom stereocenters. The Kier molecular flexibility index (Phi) is 6.90. The zero-order valence-electron chi connectivity index (χ0n) is 15.4. The second-order valence-corrected chi connectivity index (χ2v) is 8.06. The number of amides is 2. The summed E-state index contributed by atoms with van der Waals surface area (Å²) < 4.78 is 5.41. The first-order valence-corrected chi connectivity index (χ1v) is 9.31. The van der Waals surface area contributed by atoms with Crippen LogP contribution in [-0.4, -0.2) is 54.7 Å². The summed E-state index contributed by atoms with van der Waals surface area (Å²) in [6.07, 6.45) is 5.40. The van der Waals surface area contributed by atoms with Crippen molar-refractivity contribution in [2.24, 2.45) is 5.92 Å². The summed E-state index contributed by atoms with van der Waals surface area (Å²) in [6, 6.07) is 0.292. The van der Waals surface area contributed by atoms with Crippen molar-refractivity contribution in [3.63, 3.8) is 0 Å². The molecule has 6 heteroatoms. The molecule has 2 heterocycles. The third-order valence-corrected chi connectivity index (χ3v) is 4.71. The van der Waals surface area contributed by atoms with Gasteiger partial charge in [-0.15, -0.1) is 0 Å². The minimum Gasteiger partial charge on any atom is -0.444 e. The zero-order valence-corrected chi connectivity index (χ0v) is 15.4. The lowest BCUT2D eigenvalue weighted by atomic mass is 9.92. The molecule has 2 fully saturated rings. The minimum atomic E-state index is -0.444. The molecule has 0 aromatic carbocycles. The smallest absolute Gasteiger partial charge is 0.410 e. The minimum absolute atomic E-state index is 0.165. The van der Waals surface area contributed by atoms with Crippen molar-refractivity contribution in [2.75, 3.05) is 26.2 Å². The normalized spacial score (nSPS) is 23.0. The topological polar surface area (TPSA) is 70.7 Å². The summed E-state index contributed by atoms with van der Waals surface area (Å²) in [5.74, 6) is 0.692. The fraction of sp³-hybridized carbons (Fsp3) is 0.889. The average molecular weight is 339 g/mol. The molecule has 0 saturated carbocycles. The third-order valence-electron chi connectivity index (χ3n) is 4.71. The Morgan fingerprint density at radius 3 is 2.50 bits per heavy atom. The van der Waals surface area contributed by atoms with Gasteiger partial charge in [-0.3, -0.25) is 4.79 Å². The highest BCUT2D eigenvalue weighted by atomic mass is 16.6. The van der Waals surface area contributed by atoms with E-state index < -0.39 is 5.60 Å². The van der Waals surface area contributed by atoms with E-state index in [-0.39, 0.29) is 12.0 Å². The van der Waals surface area contributed by atoms with E-state index in [2.05, 4.69) is 10.6 Å². The number of hydrogen-bond acceptors (Lipinski definition) is 4. The molecule has 0 aromatic rings. The van der Waals surface area contributed by atoms with Crippen LogP contribution in [0, 0.1) is 5.92 Å². The average Bonchev–Trinajstić information content (AvgIpc) is 2.53. The van der Waals surface area contributed by atoms with E-state index in [0.717, 1.165) is 58.3 Å². The molecule has 2 amide bonds. The van der Waals surface area contributed by atoms with Crippen molar-refractivity contribution in [1.29, 1.82) is 0 Å². The maximum Gasteiger partial charge on any atom is 0.410 e. The summed E-state index contributed by atoms with van der Waals surface area (Å²) in [7, 11) is 0. The van der Waals surface area contributed by atoms with E-state index in [1.807, 2.05) is 20.8 Å². The molecular formula is C18H33N3O3. The van der Waals surface area contributed by atoms with Crippen LogP contribution in [0.15, 0.2) is 0 Å². The first-order chi connectivity index (χ1) is 11.3. The Bertz CT molecular complexity index is 420. The van der Waals surface area contributed by atoms with Gasteiger partial charge in [0.1, 0.15) is 5.60 Å². The molecule has 0 radical (unpaired) electrons. The molecule has 1 atom stereocenters. The summed E-state index contributed by atoms with van der Waals surface area (Å²) in [5, 5.41) is 6.44. The Hall–Kier alpha value is -1.30. The monoisotopic (exact) mass is 339 g/mol. The number of ether oxygens (including phenoxy) is 1. The molecule has 2 aliphatic heterocycles. The molecule has 2 rings (SSSR count). The lowest BCUT2D eigenvalue weighted by molar-refractivity contribution is -0.122. The van der Waals surface area contributed by atoms with Crippen molar-refractivity contribution < 1.29 is 14.3 Å². The quantitative estimate of drug-likeness (QED) is 0.824. The summed E-state index contributed by atoms with van der Waals surface area (Å²) in [6.45, 7) is 9.07. The van der Waals surface area contributed by atoms with Crippen LogP contribution >= 0.6 is 0 Å². The van der Waals surface area contributed by atoms with Crippen molar-refractivity contribution in [1.82, 2.24) is 15.5 Å². The van der Waals surface area contributed by atoms with Crippen LogP contribution in [0.1, 0.15) is 59.3 Å². The molecule has 0 spiro atoms. The summed E-state index contributed by atoms with van der Waals surface area (Å²) in [5.41, 5.74) is -0.444. The molecule has 138 valence electrons. The van der Waals surface area contributed by atoms with E-state index in [0.29, 0.717) is 18.4 Å². The van der Waals surface area contributed by atoms with Crippen LogP contribution in [-0.2, 0) is 9.53 Å². The van der Waals surface area contributed by atoms with Gasteiger partial charge in [-0.25, -0.2) is 4.79 Å². The number of nitrogens with zero attached hydrogens (tertiary/aromatic N) is 1. The fourth-order valence-corrected chi connectivity index (χ4v) is 3.34. The van der Waals surface area contributed by atoms with Crippen molar-refractivity contribution in [3.05, 3.63) is 0 Å². The number of piperidine rings is 2. The lowest BCUT2D eigenvalue weighted by Gasteiger charge is -2.33. The van der Waals surface area contributed by atoms with Gasteiger partial charge < -0.3 is 20.3 Å². The number of carbonyl (C=O) groups is 2. The Balaban J connectivity index is 1.62. The molecule has 0 aliphatic carbocycles. The first kappa shape index (κ1) is 19.0. The largest absolute Gasteiger partial charge is 0.444 e. The van der Waals surface area contributed by atoms with Crippen molar-refractivity contribution in [2.45, 2.75) is 70.9 Å². The third kappa shape index (κ3) is 6.67. The fourth-order valence-electron chi connectivity index (χ4n) is 3.34. The molecule has 2 aliphatic rings. The predicted octanol–water partition coefficient (Wildman–Crippen LogP) is 2.28. The van der Waals surface area contributed by atoms with Gasteiger partial charge >= 0.3 is 6.09 Å². The van der Waals surface area contributed by atoms with Crippen LogP contribution < -0.4 is 10.6 Å². The van der Waals surface area contributed by atoms with Crippen LogP contribution in [0.4, 0.5) is 4.79 Å². The van der Waals surface area contributed by atoms with Gasteiger partial charge in [0.05, 0.1) is 0 Å². The van der Waals surface area contributed by atoms with Gasteiger partial charge in [-0.2, -0.15) is 0 Å². The Morgan fingerprint density at radius 2 is 1.92 bits per heavy atom. The van der Waals surface area contributed by atoms with E-state index >= 15 is 0 Å². The lowest BCUT2D eigenvalue weighted by Crippen LogP contribution is -2.45. The summed E-state index contributed by atoms with van der Waals surface area (Å²) in [4.78, 5) is 25.9. The predicted molar refractivity (Wildman–Crippen MR) is 93.8 cm³/mol. The Labute approximate surface area is 145 Å². The highest BCUT2D eigenvalue weighted by Crippen LogP contribution is 2.23. The van der Waals surface area contributed by atoms with E-state index in [4.69, 9.17) is 4.74 Å². The van der Waals surface area contributed by atoms with Crippen LogP contribution in [0.2, 0.25) is 0 Å². The van der Waals surface area contributed by atoms with Crippen LogP contribution in [0.5, 0.6) is 0 Å². The molecule has 2 N–H and O–H groups in total. The highest BCUT2D eigenvalue weighted by molar-refractivity contribution is 5.76. The van der Waals surface area contributed by atoms with Gasteiger partial charge in [0.15, 0.2) is 0 Å². The van der Waals surface area contributed by atoms with Crippen molar-refractivity contribution >= 4 is 12.0 Å². The SMILES string of the molecule is CC(C)(C)OC(=O)N1CCC(CCC(=O)NC2CCCNC2)CC1. The van der Waals surface area contributed by atoms with Gasteiger partial charge in [0, 0.05) is 32.1 Å². The van der Waals surface area contributed by atoms with Crippen molar-refractivity contribution in [3.8, 4) is 0 Å². The van der Waals surface area contributed by atoms with Gasteiger partial charge in [0.2, 0.25) is 5.91 Å². The summed E-state index contributed by atoms with van der Waals surface area (Å²) >= 11 is 0. The van der Waals surface area contributed by atoms with Gasteiger partial charge in [-0.1, -0.05) is 0 Å². The Morgan fingerprint density at radius 1 is 1.21 bits per heavy atom. The molecule has 0 bridgehead atoms. The number of rotatable bonds is 4. The van der Waals surface area contributed by atoms with E-state index in [9.17, 15) is 9.59 Å². The second-order valence-electron chi connectivity index (χ2n) is 8.06. The second kappa shape index (κ2) is 8.70. The first-order valence-electron chi connectivity index (χ1n) is 9.31. The molecule has 6 nitrogen and oxygen atoms in total. The zero-order chi connectivity index (χ0) is 17.6. The number of likely N-dealkylation sites (tertiary alicyclic amines) is 1. The molecule has 2 saturated heterocycles. The highest BCUT2D eigenvalue weighted by Gasteiger charge is 2.27. The van der Waals surface area contributed by atoms with Crippen LogP contribution in [0.3, 0.4) is 0 Å². The van der Waals surface area contributed by atoms with E-state index in [1.165, 1.54) is 0 Å². The van der Waals surface area contributed by atoms with Crippen LogP contribution in [0.25, 0.3) is 0 Å².